The van der Waals surface area contributed by atoms with Crippen molar-refractivity contribution in [3.05, 3.63) is 58.6 Å². The van der Waals surface area contributed by atoms with E-state index in [1.54, 1.807) is 42.1 Å². The average Bonchev–Trinajstić information content (AvgIpc) is 2.86. The molecule has 6 heteroatoms. The van der Waals surface area contributed by atoms with Gasteiger partial charge in [0.25, 0.3) is 5.91 Å². The van der Waals surface area contributed by atoms with Gasteiger partial charge in [0.05, 0.1) is 5.52 Å². The highest BCUT2D eigenvalue weighted by atomic mass is 32.2. The lowest BCUT2D eigenvalue weighted by molar-refractivity contribution is 0.102. The van der Waals surface area contributed by atoms with Gasteiger partial charge in [0.15, 0.2) is 5.58 Å². The number of hydrogen-bond donors (Lipinski definition) is 2. The molecule has 1 aromatic heterocycles. The number of benzene rings is 2. The summed E-state index contributed by atoms with van der Waals surface area (Å²) in [6.45, 7) is 0. The van der Waals surface area contributed by atoms with E-state index in [0.29, 0.717) is 22.4 Å². The number of H-pyrrole nitrogens is 1. The lowest BCUT2D eigenvalue weighted by Crippen LogP contribution is -2.11. The summed E-state index contributed by atoms with van der Waals surface area (Å²) in [5.74, 6) is -0.714. The third-order valence-corrected chi connectivity index (χ3v) is 3.77. The minimum absolute atomic E-state index is 0.201. The molecule has 0 fully saturated rings. The van der Waals surface area contributed by atoms with Crippen LogP contribution in [0.15, 0.2) is 56.6 Å². The van der Waals surface area contributed by atoms with Crippen molar-refractivity contribution in [2.45, 2.75) is 4.90 Å². The smallest absolute Gasteiger partial charge is 0.408 e. The molecule has 0 atom stereocenters. The van der Waals surface area contributed by atoms with Crippen LogP contribution >= 0.6 is 11.8 Å². The second kappa shape index (κ2) is 5.49. The lowest BCUT2D eigenvalue weighted by atomic mass is 10.2. The maximum Gasteiger partial charge on any atom is 0.417 e. The molecule has 0 spiro atoms. The van der Waals surface area contributed by atoms with E-state index in [1.165, 1.54) is 0 Å². The Kier molecular flexibility index (Phi) is 3.53. The number of amides is 1. The van der Waals surface area contributed by atoms with Crippen molar-refractivity contribution in [3.63, 3.8) is 0 Å². The van der Waals surface area contributed by atoms with Gasteiger partial charge in [-0.25, -0.2) is 4.79 Å². The number of carbonyl (C=O) groups is 1. The Morgan fingerprint density at radius 3 is 2.67 bits per heavy atom. The molecule has 5 nitrogen and oxygen atoms in total. The SMILES string of the molecule is CSc1ccc(C(=O)Nc2ccc3oc(=O)[nH]c3c2)cc1. The molecule has 3 rings (SSSR count). The van der Waals surface area contributed by atoms with Gasteiger partial charge < -0.3 is 9.73 Å². The summed E-state index contributed by atoms with van der Waals surface area (Å²) < 4.78 is 4.91. The van der Waals surface area contributed by atoms with Crippen molar-refractivity contribution < 1.29 is 9.21 Å². The van der Waals surface area contributed by atoms with Gasteiger partial charge in [0.1, 0.15) is 0 Å². The first kappa shape index (κ1) is 13.5. The molecule has 0 unspecified atom stereocenters. The molecule has 0 aliphatic heterocycles. The fourth-order valence-electron chi connectivity index (χ4n) is 1.98. The topological polar surface area (TPSA) is 75.1 Å². The van der Waals surface area contributed by atoms with Crippen LogP contribution in [0.25, 0.3) is 11.1 Å². The van der Waals surface area contributed by atoms with Gasteiger partial charge in [0, 0.05) is 16.1 Å². The van der Waals surface area contributed by atoms with E-state index in [4.69, 9.17) is 4.42 Å². The van der Waals surface area contributed by atoms with Gasteiger partial charge in [-0.2, -0.15) is 0 Å². The lowest BCUT2D eigenvalue weighted by Gasteiger charge is -2.05. The first-order valence-corrected chi connectivity index (χ1v) is 7.46. The fraction of sp³-hybridized carbons (Fsp3) is 0.0667. The Hall–Kier alpha value is -2.47. The van der Waals surface area contributed by atoms with E-state index in [0.717, 1.165) is 4.90 Å². The van der Waals surface area contributed by atoms with E-state index in [2.05, 4.69) is 10.3 Å². The van der Waals surface area contributed by atoms with E-state index < -0.39 is 5.76 Å². The van der Waals surface area contributed by atoms with Crippen LogP contribution in [0.1, 0.15) is 10.4 Å². The van der Waals surface area contributed by atoms with Crippen molar-refractivity contribution in [2.24, 2.45) is 0 Å². The summed E-state index contributed by atoms with van der Waals surface area (Å²) in [6.07, 6.45) is 1.98. The van der Waals surface area contributed by atoms with Crippen molar-refractivity contribution >= 4 is 34.5 Å². The Morgan fingerprint density at radius 2 is 1.95 bits per heavy atom. The molecular weight excluding hydrogens is 288 g/mol. The van der Waals surface area contributed by atoms with Crippen molar-refractivity contribution in [3.8, 4) is 0 Å². The molecule has 2 aromatic carbocycles. The normalized spacial score (nSPS) is 10.7. The van der Waals surface area contributed by atoms with Gasteiger partial charge in [-0.1, -0.05) is 0 Å². The molecule has 3 aromatic rings. The highest BCUT2D eigenvalue weighted by Crippen LogP contribution is 2.18. The number of nitrogens with one attached hydrogen (secondary N) is 2. The highest BCUT2D eigenvalue weighted by molar-refractivity contribution is 7.98. The molecule has 0 bridgehead atoms. The number of rotatable bonds is 3. The molecule has 0 radical (unpaired) electrons. The van der Waals surface area contributed by atoms with Crippen LogP contribution < -0.4 is 11.1 Å². The standard InChI is InChI=1S/C15H12N2O3S/c1-21-11-5-2-9(3-6-11)14(18)16-10-4-7-13-12(8-10)17-15(19)20-13/h2-8H,1H3,(H,16,18)(H,17,19). The quantitative estimate of drug-likeness (QED) is 0.729. The van der Waals surface area contributed by atoms with Crippen LogP contribution in [-0.2, 0) is 0 Å². The molecule has 1 amide bonds. The molecular formula is C15H12N2O3S. The maximum absolute atomic E-state index is 12.1. The first-order chi connectivity index (χ1) is 10.2. The number of oxazole rings is 1. The Morgan fingerprint density at radius 1 is 1.19 bits per heavy atom. The number of aromatic amines is 1. The summed E-state index contributed by atoms with van der Waals surface area (Å²) in [6, 6.07) is 12.3. The van der Waals surface area contributed by atoms with Crippen molar-refractivity contribution in [1.82, 2.24) is 4.98 Å². The highest BCUT2D eigenvalue weighted by Gasteiger charge is 2.08. The summed E-state index contributed by atoms with van der Waals surface area (Å²) in [4.78, 5) is 26.9. The fourth-order valence-corrected chi connectivity index (χ4v) is 2.38. The second-order valence-corrected chi connectivity index (χ2v) is 5.29. The predicted octanol–water partition coefficient (Wildman–Crippen LogP) is 3.10. The zero-order valence-corrected chi connectivity index (χ0v) is 12.0. The first-order valence-electron chi connectivity index (χ1n) is 6.24. The van der Waals surface area contributed by atoms with Gasteiger partial charge >= 0.3 is 5.76 Å². The molecule has 0 saturated carbocycles. The number of fused-ring (bicyclic) bond motifs is 1. The van der Waals surface area contributed by atoms with Crippen molar-refractivity contribution in [2.75, 3.05) is 11.6 Å². The molecule has 106 valence electrons. The van der Waals surface area contributed by atoms with Gasteiger partial charge in [-0.15, -0.1) is 11.8 Å². The number of carbonyl (C=O) groups excluding carboxylic acids is 1. The van der Waals surface area contributed by atoms with Crippen LogP contribution in [-0.4, -0.2) is 17.1 Å². The largest absolute Gasteiger partial charge is 0.417 e. The molecule has 2 N–H and O–H groups in total. The van der Waals surface area contributed by atoms with Gasteiger partial charge in [-0.3, -0.25) is 9.78 Å². The third kappa shape index (κ3) is 2.85. The van der Waals surface area contributed by atoms with Crippen LogP contribution in [0.2, 0.25) is 0 Å². The number of hydrogen-bond acceptors (Lipinski definition) is 4. The van der Waals surface area contributed by atoms with Gasteiger partial charge in [-0.05, 0) is 48.7 Å². The van der Waals surface area contributed by atoms with Crippen molar-refractivity contribution in [1.29, 1.82) is 0 Å². The van der Waals surface area contributed by atoms with Crippen LogP contribution in [0.5, 0.6) is 0 Å². The predicted molar refractivity (Wildman–Crippen MR) is 83.0 cm³/mol. The summed E-state index contributed by atoms with van der Waals surface area (Å²) in [5.41, 5.74) is 2.19. The molecule has 0 saturated heterocycles. The average molecular weight is 300 g/mol. The summed E-state index contributed by atoms with van der Waals surface area (Å²) in [7, 11) is 0. The minimum Gasteiger partial charge on any atom is -0.408 e. The van der Waals surface area contributed by atoms with Gasteiger partial charge in [0.2, 0.25) is 0 Å². The van der Waals surface area contributed by atoms with Crippen LogP contribution in [0.4, 0.5) is 5.69 Å². The Bertz CT molecular complexity index is 849. The Labute approximate surface area is 124 Å². The van der Waals surface area contributed by atoms with E-state index >= 15 is 0 Å². The monoisotopic (exact) mass is 300 g/mol. The number of aromatic nitrogens is 1. The Balaban J connectivity index is 1.82. The zero-order valence-electron chi connectivity index (χ0n) is 11.2. The zero-order chi connectivity index (χ0) is 14.8. The second-order valence-electron chi connectivity index (χ2n) is 4.41. The number of thioether (sulfide) groups is 1. The molecule has 0 aliphatic rings. The maximum atomic E-state index is 12.1. The van der Waals surface area contributed by atoms with E-state index in [9.17, 15) is 9.59 Å². The van der Waals surface area contributed by atoms with Crippen LogP contribution in [0, 0.1) is 0 Å². The minimum atomic E-state index is -0.513. The molecule has 1 heterocycles. The third-order valence-electron chi connectivity index (χ3n) is 3.03. The van der Waals surface area contributed by atoms with Crippen LogP contribution in [0.3, 0.4) is 0 Å². The molecule has 0 aliphatic carbocycles. The van der Waals surface area contributed by atoms with E-state index in [1.807, 2.05) is 18.4 Å². The summed E-state index contributed by atoms with van der Waals surface area (Å²) >= 11 is 1.62. The summed E-state index contributed by atoms with van der Waals surface area (Å²) in [5, 5.41) is 2.79. The molecule has 21 heavy (non-hydrogen) atoms. The van der Waals surface area contributed by atoms with E-state index in [-0.39, 0.29) is 5.91 Å². The number of anilines is 1.